The number of thiophene rings is 1. The molecule has 1 aromatic carbocycles. The summed E-state index contributed by atoms with van der Waals surface area (Å²) in [5.41, 5.74) is 1.48. The second kappa shape index (κ2) is 6.93. The van der Waals surface area contributed by atoms with Crippen LogP contribution in [0, 0.1) is 17.3 Å². The predicted molar refractivity (Wildman–Crippen MR) is 94.5 cm³/mol. The van der Waals surface area contributed by atoms with E-state index in [4.69, 9.17) is 0 Å². The summed E-state index contributed by atoms with van der Waals surface area (Å²) in [6.07, 6.45) is 4.10. The van der Waals surface area contributed by atoms with E-state index in [1.54, 1.807) is 0 Å². The molecule has 1 aromatic heterocycles. The van der Waals surface area contributed by atoms with Crippen LogP contribution in [0.25, 0.3) is 10.1 Å². The van der Waals surface area contributed by atoms with Crippen molar-refractivity contribution in [1.82, 2.24) is 4.90 Å². The van der Waals surface area contributed by atoms with Crippen molar-refractivity contribution >= 4 is 21.4 Å². The van der Waals surface area contributed by atoms with Crippen molar-refractivity contribution in [2.24, 2.45) is 5.41 Å². The molecule has 0 aliphatic heterocycles. The van der Waals surface area contributed by atoms with Gasteiger partial charge in [-0.1, -0.05) is 36.1 Å². The summed E-state index contributed by atoms with van der Waals surface area (Å²) in [5.74, 6) is 6.33. The van der Waals surface area contributed by atoms with Crippen LogP contribution in [-0.2, 0) is 6.54 Å². The molecule has 0 N–H and O–H groups in total. The molecule has 0 amide bonds. The topological polar surface area (TPSA) is 3.24 Å². The normalized spacial score (nSPS) is 12.0. The number of hydrogen-bond donors (Lipinski definition) is 0. The summed E-state index contributed by atoms with van der Waals surface area (Å²) in [6.45, 7) is 8.26. The molecule has 21 heavy (non-hydrogen) atoms. The fourth-order valence-corrected chi connectivity index (χ4v) is 2.99. The average molecular weight is 297 g/mol. The van der Waals surface area contributed by atoms with Crippen LogP contribution in [0.15, 0.2) is 41.8 Å². The van der Waals surface area contributed by atoms with Gasteiger partial charge in [-0.05, 0) is 56.3 Å². The van der Waals surface area contributed by atoms with Gasteiger partial charge in [-0.3, -0.25) is 4.90 Å². The first-order valence-corrected chi connectivity index (χ1v) is 8.15. The summed E-state index contributed by atoms with van der Waals surface area (Å²) in [7, 11) is 2.15. The van der Waals surface area contributed by atoms with Crippen molar-refractivity contribution in [1.29, 1.82) is 0 Å². The third kappa shape index (κ3) is 5.04. The van der Waals surface area contributed by atoms with Crippen molar-refractivity contribution in [3.63, 3.8) is 0 Å². The molecule has 1 nitrogen and oxygen atoms in total. The number of fused-ring (bicyclic) bond motifs is 1. The van der Waals surface area contributed by atoms with Gasteiger partial charge in [-0.15, -0.1) is 11.3 Å². The predicted octanol–water partition coefficient (Wildman–Crippen LogP) is 4.94. The zero-order valence-electron chi connectivity index (χ0n) is 13.3. The van der Waals surface area contributed by atoms with Gasteiger partial charge in [0.25, 0.3) is 0 Å². The van der Waals surface area contributed by atoms with Crippen LogP contribution in [-0.4, -0.2) is 18.5 Å². The van der Waals surface area contributed by atoms with Gasteiger partial charge in [0.15, 0.2) is 0 Å². The molecule has 0 radical (unpaired) electrons. The fourth-order valence-electron chi connectivity index (χ4n) is 2.08. The largest absolute Gasteiger partial charge is 0.298 e. The second-order valence-electron chi connectivity index (χ2n) is 6.37. The first-order chi connectivity index (χ1) is 9.96. The lowest BCUT2D eigenvalue weighted by Crippen LogP contribution is -2.17. The van der Waals surface area contributed by atoms with E-state index >= 15 is 0 Å². The maximum absolute atomic E-state index is 3.21. The van der Waals surface area contributed by atoms with Crippen molar-refractivity contribution in [2.45, 2.75) is 27.3 Å². The molecule has 0 fully saturated rings. The monoisotopic (exact) mass is 297 g/mol. The number of allylic oxidation sites excluding steroid dienone is 1. The van der Waals surface area contributed by atoms with E-state index < -0.39 is 0 Å². The third-order valence-electron chi connectivity index (χ3n) is 3.07. The average Bonchev–Trinajstić information content (AvgIpc) is 2.86. The number of hydrogen-bond acceptors (Lipinski definition) is 2. The summed E-state index contributed by atoms with van der Waals surface area (Å²) in [5, 5.41) is 3.51. The van der Waals surface area contributed by atoms with Crippen molar-refractivity contribution in [3.05, 3.63) is 47.4 Å². The van der Waals surface area contributed by atoms with Gasteiger partial charge in [-0.2, -0.15) is 0 Å². The van der Waals surface area contributed by atoms with E-state index in [9.17, 15) is 0 Å². The van der Waals surface area contributed by atoms with Crippen LogP contribution in [0.5, 0.6) is 0 Å². The smallest absolute Gasteiger partial charge is 0.0387 e. The molecule has 2 heteroatoms. The molecule has 0 unspecified atom stereocenters. The van der Waals surface area contributed by atoms with Crippen LogP contribution in [0.3, 0.4) is 0 Å². The summed E-state index contributed by atoms with van der Waals surface area (Å²) in [6, 6.07) is 8.73. The lowest BCUT2D eigenvalue weighted by atomic mass is 9.98. The molecule has 110 valence electrons. The van der Waals surface area contributed by atoms with E-state index in [1.165, 1.54) is 15.6 Å². The molecule has 0 aliphatic rings. The van der Waals surface area contributed by atoms with Crippen molar-refractivity contribution in [2.75, 3.05) is 13.6 Å². The molecule has 2 rings (SSSR count). The van der Waals surface area contributed by atoms with Gasteiger partial charge >= 0.3 is 0 Å². The molecule has 0 atom stereocenters. The van der Waals surface area contributed by atoms with E-state index in [0.29, 0.717) is 0 Å². The van der Waals surface area contributed by atoms with E-state index in [-0.39, 0.29) is 5.41 Å². The first kappa shape index (κ1) is 15.8. The van der Waals surface area contributed by atoms with Gasteiger partial charge < -0.3 is 0 Å². The maximum atomic E-state index is 3.21. The Morgan fingerprint density at radius 3 is 2.81 bits per heavy atom. The maximum Gasteiger partial charge on any atom is 0.0387 e. The van der Waals surface area contributed by atoms with Crippen molar-refractivity contribution < 1.29 is 0 Å². The Morgan fingerprint density at radius 2 is 2.05 bits per heavy atom. The van der Waals surface area contributed by atoms with Crippen LogP contribution in [0.4, 0.5) is 0 Å². The Hall–Kier alpha value is -1.56. The highest BCUT2D eigenvalue weighted by Crippen LogP contribution is 2.25. The van der Waals surface area contributed by atoms with Crippen LogP contribution < -0.4 is 0 Å². The minimum Gasteiger partial charge on any atom is -0.298 e. The lowest BCUT2D eigenvalue weighted by Gasteiger charge is -2.14. The Bertz CT molecular complexity index is 677. The summed E-state index contributed by atoms with van der Waals surface area (Å²) < 4.78 is 1.40. The minimum absolute atomic E-state index is 0.0745. The first-order valence-electron chi connectivity index (χ1n) is 7.27. The number of likely N-dealkylation sites (N-methyl/N-ethyl adjacent to an activating group) is 1. The molecule has 0 saturated heterocycles. The molecule has 1 heterocycles. The molecular formula is C19H23NS. The Kier molecular flexibility index (Phi) is 5.22. The minimum atomic E-state index is 0.0745. The zero-order valence-corrected chi connectivity index (χ0v) is 14.1. The quantitative estimate of drug-likeness (QED) is 0.723. The van der Waals surface area contributed by atoms with E-state index in [2.05, 4.69) is 80.3 Å². The van der Waals surface area contributed by atoms with Gasteiger partial charge in [-0.25, -0.2) is 0 Å². The Balaban J connectivity index is 1.93. The standard InChI is InChI=1S/C19H23NS/c1-19(2,3)12-6-5-7-13-20(4)15-17-10-8-9-16-11-14-21-18(16)17/h5,7-11,14H,13,15H2,1-4H3/b7-5+. The van der Waals surface area contributed by atoms with Crippen LogP contribution in [0.2, 0.25) is 0 Å². The van der Waals surface area contributed by atoms with Crippen molar-refractivity contribution in [3.8, 4) is 11.8 Å². The summed E-state index contributed by atoms with van der Waals surface area (Å²) in [4.78, 5) is 2.31. The number of rotatable bonds is 4. The van der Waals surface area contributed by atoms with Crippen LogP contribution in [0.1, 0.15) is 26.3 Å². The Labute approximate surface area is 132 Å². The summed E-state index contributed by atoms with van der Waals surface area (Å²) >= 11 is 1.82. The molecular weight excluding hydrogens is 274 g/mol. The highest BCUT2D eigenvalue weighted by atomic mass is 32.1. The van der Waals surface area contributed by atoms with E-state index in [1.807, 2.05) is 17.4 Å². The Morgan fingerprint density at radius 1 is 1.24 bits per heavy atom. The molecule has 0 bridgehead atoms. The van der Waals surface area contributed by atoms with Gasteiger partial charge in [0.2, 0.25) is 0 Å². The van der Waals surface area contributed by atoms with Gasteiger partial charge in [0, 0.05) is 23.2 Å². The van der Waals surface area contributed by atoms with E-state index in [0.717, 1.165) is 13.1 Å². The van der Waals surface area contributed by atoms with Gasteiger partial charge in [0.1, 0.15) is 0 Å². The lowest BCUT2D eigenvalue weighted by molar-refractivity contribution is 0.365. The highest BCUT2D eigenvalue weighted by Gasteiger charge is 2.04. The number of nitrogens with zero attached hydrogens (tertiary/aromatic N) is 1. The molecule has 0 aliphatic carbocycles. The van der Waals surface area contributed by atoms with Crippen LogP contribution >= 0.6 is 11.3 Å². The van der Waals surface area contributed by atoms with Gasteiger partial charge in [0.05, 0.1) is 0 Å². The highest BCUT2D eigenvalue weighted by molar-refractivity contribution is 7.17. The zero-order chi connectivity index (χ0) is 15.3. The molecule has 0 spiro atoms. The third-order valence-corrected chi connectivity index (χ3v) is 4.07. The molecule has 0 saturated carbocycles. The fraction of sp³-hybridized carbons (Fsp3) is 0.368. The SMILES string of the molecule is CN(C/C=C/C#CC(C)(C)C)Cc1cccc2ccsc12. The molecule has 2 aromatic rings. The number of benzene rings is 1. The second-order valence-corrected chi connectivity index (χ2v) is 7.29.